The number of halogens is 3. The molecule has 3 nitrogen and oxygen atoms in total. The van der Waals surface area contributed by atoms with Crippen LogP contribution in [0.2, 0.25) is 0 Å². The van der Waals surface area contributed by atoms with Crippen LogP contribution in [0.4, 0.5) is 13.2 Å². The van der Waals surface area contributed by atoms with E-state index in [0.29, 0.717) is 6.42 Å². The number of hydrogen-bond donors (Lipinski definition) is 0. The number of benzene rings is 1. The lowest BCUT2D eigenvalue weighted by atomic mass is 9.72. The van der Waals surface area contributed by atoms with Crippen molar-refractivity contribution >= 4 is 0 Å². The number of alkyl halides is 3. The highest BCUT2D eigenvalue weighted by Crippen LogP contribution is 2.45. The Morgan fingerprint density at radius 1 is 1.36 bits per heavy atom. The van der Waals surface area contributed by atoms with Crippen LogP contribution in [0.15, 0.2) is 30.4 Å². The molecule has 1 saturated heterocycles. The molecule has 0 bridgehead atoms. The summed E-state index contributed by atoms with van der Waals surface area (Å²) >= 11 is 0. The number of ether oxygens (including phenoxy) is 3. The summed E-state index contributed by atoms with van der Waals surface area (Å²) < 4.78 is 55.9. The second kappa shape index (κ2) is 6.32. The van der Waals surface area contributed by atoms with E-state index < -0.39 is 29.6 Å². The molecule has 1 heterocycles. The third kappa shape index (κ3) is 3.70. The van der Waals surface area contributed by atoms with Crippen LogP contribution in [0.1, 0.15) is 37.3 Å². The predicted molar refractivity (Wildman–Crippen MR) is 87.6 cm³/mol. The molecule has 25 heavy (non-hydrogen) atoms. The topological polar surface area (TPSA) is 27.7 Å². The molecule has 0 radical (unpaired) electrons. The van der Waals surface area contributed by atoms with Crippen LogP contribution < -0.4 is 4.74 Å². The first kappa shape index (κ1) is 18.3. The molecule has 0 saturated carbocycles. The second-order valence-corrected chi connectivity index (χ2v) is 7.20. The van der Waals surface area contributed by atoms with Crippen LogP contribution in [-0.2, 0) is 15.9 Å². The summed E-state index contributed by atoms with van der Waals surface area (Å²) in [5.74, 6) is -0.790. The van der Waals surface area contributed by atoms with Crippen molar-refractivity contribution in [2.45, 2.75) is 50.7 Å². The maximum atomic E-state index is 13.1. The normalized spacial score (nSPS) is 28.0. The molecule has 138 valence electrons. The van der Waals surface area contributed by atoms with Gasteiger partial charge in [0.2, 0.25) is 0 Å². The van der Waals surface area contributed by atoms with Gasteiger partial charge in [0, 0.05) is 11.5 Å². The summed E-state index contributed by atoms with van der Waals surface area (Å²) in [7, 11) is 1.61. The van der Waals surface area contributed by atoms with Crippen molar-refractivity contribution in [2.24, 2.45) is 5.92 Å². The van der Waals surface area contributed by atoms with Gasteiger partial charge in [0.05, 0.1) is 19.8 Å². The van der Waals surface area contributed by atoms with Crippen molar-refractivity contribution in [3.05, 3.63) is 41.5 Å². The summed E-state index contributed by atoms with van der Waals surface area (Å²) in [6, 6.07) is 5.85. The van der Waals surface area contributed by atoms with Crippen LogP contribution >= 0.6 is 0 Å². The first-order valence-corrected chi connectivity index (χ1v) is 8.35. The second-order valence-electron chi connectivity index (χ2n) is 7.20. The number of fused-ring (bicyclic) bond motifs is 1. The Labute approximate surface area is 145 Å². The van der Waals surface area contributed by atoms with E-state index in [9.17, 15) is 13.2 Å². The SMILES string of the molecule is C=C([C@@H]1COC(C)(C)O[C@@H]1CC1Cc2cc(OC)ccc21)C(F)(F)F. The summed E-state index contributed by atoms with van der Waals surface area (Å²) in [6.45, 7) is 6.69. The van der Waals surface area contributed by atoms with Crippen molar-refractivity contribution in [1.82, 2.24) is 0 Å². The van der Waals surface area contributed by atoms with Crippen molar-refractivity contribution in [2.75, 3.05) is 13.7 Å². The highest BCUT2D eigenvalue weighted by molar-refractivity contribution is 5.45. The average Bonchev–Trinajstić information content (AvgIpc) is 2.50. The number of hydrogen-bond acceptors (Lipinski definition) is 3. The highest BCUT2D eigenvalue weighted by atomic mass is 19.4. The van der Waals surface area contributed by atoms with Gasteiger partial charge in [0.15, 0.2) is 5.79 Å². The van der Waals surface area contributed by atoms with Gasteiger partial charge in [-0.15, -0.1) is 0 Å². The van der Waals surface area contributed by atoms with Gasteiger partial charge in [0.25, 0.3) is 0 Å². The molecule has 0 spiro atoms. The van der Waals surface area contributed by atoms with Crippen molar-refractivity contribution in [3.63, 3.8) is 0 Å². The van der Waals surface area contributed by atoms with Gasteiger partial charge in [-0.2, -0.15) is 13.2 Å². The largest absolute Gasteiger partial charge is 0.497 e. The van der Waals surface area contributed by atoms with E-state index in [1.807, 2.05) is 18.2 Å². The molecule has 1 unspecified atom stereocenters. The van der Waals surface area contributed by atoms with E-state index in [1.54, 1.807) is 21.0 Å². The van der Waals surface area contributed by atoms with Crippen molar-refractivity contribution in [3.8, 4) is 5.75 Å². The Kier molecular flexibility index (Phi) is 4.62. The molecular formula is C19H23F3O3. The fourth-order valence-electron chi connectivity index (χ4n) is 3.65. The molecular weight excluding hydrogens is 333 g/mol. The monoisotopic (exact) mass is 356 g/mol. The third-order valence-electron chi connectivity index (χ3n) is 5.08. The van der Waals surface area contributed by atoms with Gasteiger partial charge in [-0.1, -0.05) is 12.6 Å². The molecule has 3 rings (SSSR count). The van der Waals surface area contributed by atoms with E-state index in [0.717, 1.165) is 17.7 Å². The number of methoxy groups -OCH3 is 1. The maximum Gasteiger partial charge on any atom is 0.412 e. The fraction of sp³-hybridized carbons (Fsp3) is 0.579. The minimum atomic E-state index is -4.44. The van der Waals surface area contributed by atoms with Crippen LogP contribution in [0.3, 0.4) is 0 Å². The van der Waals surface area contributed by atoms with Crippen LogP contribution in [0.25, 0.3) is 0 Å². The highest BCUT2D eigenvalue weighted by Gasteiger charge is 2.47. The minimum Gasteiger partial charge on any atom is -0.497 e. The summed E-state index contributed by atoms with van der Waals surface area (Å²) in [4.78, 5) is 0. The van der Waals surface area contributed by atoms with Gasteiger partial charge in [0.1, 0.15) is 5.75 Å². The zero-order valence-electron chi connectivity index (χ0n) is 14.7. The molecule has 0 aromatic heterocycles. The van der Waals surface area contributed by atoms with E-state index in [4.69, 9.17) is 14.2 Å². The zero-order valence-corrected chi connectivity index (χ0v) is 14.7. The van der Waals surface area contributed by atoms with Crippen molar-refractivity contribution in [1.29, 1.82) is 0 Å². The molecule has 3 atom stereocenters. The summed E-state index contributed by atoms with van der Waals surface area (Å²) in [5.41, 5.74) is 1.56. The molecule has 1 aliphatic heterocycles. The molecule has 0 N–H and O–H groups in total. The lowest BCUT2D eigenvalue weighted by Crippen LogP contribution is -2.48. The Morgan fingerprint density at radius 3 is 2.68 bits per heavy atom. The maximum absolute atomic E-state index is 13.1. The van der Waals surface area contributed by atoms with Gasteiger partial charge >= 0.3 is 6.18 Å². The van der Waals surface area contributed by atoms with E-state index >= 15 is 0 Å². The Morgan fingerprint density at radius 2 is 2.08 bits per heavy atom. The molecule has 1 aliphatic carbocycles. The first-order valence-electron chi connectivity index (χ1n) is 8.35. The molecule has 2 aliphatic rings. The Balaban J connectivity index is 1.76. The predicted octanol–water partition coefficient (Wildman–Crippen LogP) is 4.61. The van der Waals surface area contributed by atoms with Crippen LogP contribution in [0.5, 0.6) is 5.75 Å². The molecule has 1 aromatic carbocycles. The van der Waals surface area contributed by atoms with Gasteiger partial charge in [-0.05, 0) is 55.9 Å². The van der Waals surface area contributed by atoms with E-state index in [1.165, 1.54) is 5.56 Å². The van der Waals surface area contributed by atoms with Crippen molar-refractivity contribution < 1.29 is 27.4 Å². The smallest absolute Gasteiger partial charge is 0.412 e. The molecule has 1 aromatic rings. The quantitative estimate of drug-likeness (QED) is 0.738. The lowest BCUT2D eigenvalue weighted by molar-refractivity contribution is -0.294. The fourth-order valence-corrected chi connectivity index (χ4v) is 3.65. The summed E-state index contributed by atoms with van der Waals surface area (Å²) in [6.07, 6.45) is -3.68. The van der Waals surface area contributed by atoms with Gasteiger partial charge in [-0.25, -0.2) is 0 Å². The average molecular weight is 356 g/mol. The molecule has 1 fully saturated rings. The Hall–Kier alpha value is -1.53. The summed E-state index contributed by atoms with van der Waals surface area (Å²) in [5, 5.41) is 0. The third-order valence-corrected chi connectivity index (χ3v) is 5.08. The van der Waals surface area contributed by atoms with Gasteiger partial charge < -0.3 is 14.2 Å². The van der Waals surface area contributed by atoms with E-state index in [-0.39, 0.29) is 12.5 Å². The lowest BCUT2D eigenvalue weighted by Gasteiger charge is -2.44. The van der Waals surface area contributed by atoms with E-state index in [2.05, 4.69) is 6.58 Å². The standard InChI is InChI=1S/C19H23F3O3/c1-11(19(20,21)22)16-10-24-18(2,3)25-17(16)9-13-7-12-8-14(23-4)5-6-15(12)13/h5-6,8,13,16-17H,1,7,9-10H2,2-4H3/t13?,16-,17+/m0/s1. The zero-order chi connectivity index (χ0) is 18.4. The first-order chi connectivity index (χ1) is 11.6. The van der Waals surface area contributed by atoms with Crippen LogP contribution in [-0.4, -0.2) is 31.8 Å². The number of rotatable bonds is 4. The Bertz CT molecular complexity index is 666. The van der Waals surface area contributed by atoms with Gasteiger partial charge in [-0.3, -0.25) is 0 Å². The molecule has 0 amide bonds. The van der Waals surface area contributed by atoms with Crippen LogP contribution in [0, 0.1) is 5.92 Å². The minimum absolute atomic E-state index is 0.0296. The molecule has 6 heteroatoms.